The number of rotatable bonds is 5. The average Bonchev–Trinajstić information content (AvgIpc) is 3.19. The number of sulfonamides is 1. The molecule has 3 aliphatic heterocycles. The van der Waals surface area contributed by atoms with Crippen LogP contribution in [0, 0.1) is 25.7 Å². The van der Waals surface area contributed by atoms with Crippen LogP contribution in [-0.2, 0) is 24.3 Å². The zero-order valence-electron chi connectivity index (χ0n) is 22.5. The minimum Gasteiger partial charge on any atom is -0.370 e. The molecule has 3 fully saturated rings. The Morgan fingerprint density at radius 3 is 2.34 bits per heavy atom. The Labute approximate surface area is 225 Å². The highest BCUT2D eigenvalue weighted by molar-refractivity contribution is 7.92. The molecule has 0 aromatic heterocycles. The molecule has 2 saturated heterocycles. The number of hydrogen-bond acceptors (Lipinski definition) is 6. The average molecular weight is 543 g/mol. The van der Waals surface area contributed by atoms with Gasteiger partial charge in [-0.15, -0.1) is 0 Å². The van der Waals surface area contributed by atoms with Crippen molar-refractivity contribution >= 4 is 39.4 Å². The molecular weight excluding hydrogens is 504 g/mol. The summed E-state index contributed by atoms with van der Waals surface area (Å²) in [4.78, 5) is 31.7. The fourth-order valence-electron chi connectivity index (χ4n) is 6.12. The monoisotopic (exact) mass is 542 g/mol. The third-order valence-electron chi connectivity index (χ3n) is 8.59. The van der Waals surface area contributed by atoms with Gasteiger partial charge in [0.05, 0.1) is 6.61 Å². The van der Waals surface area contributed by atoms with Crippen molar-refractivity contribution in [3.05, 3.63) is 34.2 Å². The van der Waals surface area contributed by atoms with E-state index in [4.69, 9.17) is 9.73 Å². The maximum atomic E-state index is 13.2. The molecule has 1 aliphatic carbocycles. The molecule has 1 N–H and O–H groups in total. The number of aliphatic imine (C=N–C) groups is 1. The lowest BCUT2D eigenvalue weighted by Gasteiger charge is -2.34. The summed E-state index contributed by atoms with van der Waals surface area (Å²) in [6.07, 6.45) is 6.81. The van der Waals surface area contributed by atoms with Gasteiger partial charge in [0.2, 0.25) is 10.0 Å². The Kier molecular flexibility index (Phi) is 7.50. The molecule has 0 radical (unpaired) electrons. The highest BCUT2D eigenvalue weighted by Crippen LogP contribution is 2.36. The van der Waals surface area contributed by atoms with Crippen molar-refractivity contribution in [1.82, 2.24) is 9.62 Å². The molecule has 9 nitrogen and oxygen atoms in total. The summed E-state index contributed by atoms with van der Waals surface area (Å²) in [6.45, 7) is 7.69. The topological polar surface area (TPSA) is 108 Å². The first-order chi connectivity index (χ1) is 18.1. The number of anilines is 1. The second-order valence-corrected chi connectivity index (χ2v) is 13.1. The third kappa shape index (κ3) is 5.31. The second-order valence-electron chi connectivity index (χ2n) is 11.3. The number of piperidine rings is 1. The molecule has 1 spiro atoms. The quantitative estimate of drug-likeness (QED) is 0.615. The van der Waals surface area contributed by atoms with Crippen LogP contribution < -0.4 is 10.2 Å². The van der Waals surface area contributed by atoms with Crippen LogP contribution >= 0.6 is 0 Å². The van der Waals surface area contributed by atoms with E-state index < -0.39 is 15.6 Å². The molecule has 1 saturated carbocycles. The van der Waals surface area contributed by atoms with E-state index in [1.165, 1.54) is 9.71 Å². The van der Waals surface area contributed by atoms with Crippen molar-refractivity contribution < 1.29 is 22.7 Å². The highest BCUT2D eigenvalue weighted by atomic mass is 32.2. The molecule has 0 unspecified atom stereocenters. The van der Waals surface area contributed by atoms with Crippen molar-refractivity contribution in [3.8, 4) is 0 Å². The van der Waals surface area contributed by atoms with Gasteiger partial charge in [-0.25, -0.2) is 8.42 Å². The zero-order chi connectivity index (χ0) is 27.1. The zero-order valence-corrected chi connectivity index (χ0v) is 23.3. The van der Waals surface area contributed by atoms with Gasteiger partial charge >= 0.3 is 0 Å². The van der Waals surface area contributed by atoms with Gasteiger partial charge in [0.15, 0.2) is 0 Å². The normalized spacial score (nSPS) is 26.7. The van der Waals surface area contributed by atoms with E-state index >= 15 is 0 Å². The summed E-state index contributed by atoms with van der Waals surface area (Å²) < 4.78 is 33.1. The number of ether oxygens (including phenoxy) is 1. The smallest absolute Gasteiger partial charge is 0.253 e. The van der Waals surface area contributed by atoms with Gasteiger partial charge in [-0.2, -0.15) is 4.31 Å². The minimum atomic E-state index is -3.67. The van der Waals surface area contributed by atoms with Gasteiger partial charge < -0.3 is 15.0 Å². The number of nitrogens with zero attached hydrogens (tertiary/aromatic N) is 3. The van der Waals surface area contributed by atoms with Crippen molar-refractivity contribution in [1.29, 1.82) is 0 Å². The van der Waals surface area contributed by atoms with E-state index in [9.17, 15) is 18.0 Å². The maximum Gasteiger partial charge on any atom is 0.253 e. The first-order valence-corrected chi connectivity index (χ1v) is 15.2. The highest BCUT2D eigenvalue weighted by Gasteiger charge is 2.48. The number of carbonyl (C=O) groups excluding carboxylic acids is 2. The van der Waals surface area contributed by atoms with Crippen LogP contribution in [0.4, 0.5) is 5.69 Å². The van der Waals surface area contributed by atoms with Crippen molar-refractivity contribution in [3.63, 3.8) is 0 Å². The standard InChI is InChI=1S/C28H38N4O5S/c1-19-4-6-22(7-5-19)26-29-27(34)28(30-26)9-11-31(12-10-28)38(35,36)15-8-24-20(2)16-23(17-21(24)3)32-13-14-37-18-25(32)33/h8,15-17,19,22H,4-7,9-14,18H2,1-3H3,(H,29,30,34)/b15-8+. The number of hydrogen-bond donors (Lipinski definition) is 1. The largest absolute Gasteiger partial charge is 0.370 e. The van der Waals surface area contributed by atoms with E-state index in [-0.39, 0.29) is 31.5 Å². The molecule has 206 valence electrons. The molecular formula is C28H38N4O5S. The van der Waals surface area contributed by atoms with Crippen LogP contribution in [0.15, 0.2) is 22.5 Å². The van der Waals surface area contributed by atoms with Crippen molar-refractivity contribution in [2.75, 3.05) is 37.7 Å². The van der Waals surface area contributed by atoms with E-state index in [1.54, 1.807) is 11.0 Å². The van der Waals surface area contributed by atoms with E-state index in [0.717, 1.165) is 59.8 Å². The lowest BCUT2D eigenvalue weighted by molar-refractivity contribution is -0.126. The van der Waals surface area contributed by atoms with Crippen molar-refractivity contribution in [2.24, 2.45) is 16.8 Å². The fourth-order valence-corrected chi connectivity index (χ4v) is 7.29. The van der Waals surface area contributed by atoms with Crippen LogP contribution in [-0.4, -0.2) is 68.8 Å². The number of amidine groups is 1. The van der Waals surface area contributed by atoms with Crippen LogP contribution in [0.25, 0.3) is 6.08 Å². The molecule has 0 atom stereocenters. The van der Waals surface area contributed by atoms with E-state index in [1.807, 2.05) is 26.0 Å². The van der Waals surface area contributed by atoms with Gasteiger partial charge in [0.1, 0.15) is 18.0 Å². The van der Waals surface area contributed by atoms with Gasteiger partial charge in [-0.1, -0.05) is 19.8 Å². The lowest BCUT2D eigenvalue weighted by Crippen LogP contribution is -2.50. The number of benzene rings is 1. The summed E-state index contributed by atoms with van der Waals surface area (Å²) in [5, 5.41) is 4.30. The fraction of sp³-hybridized carbons (Fsp3) is 0.607. The molecule has 10 heteroatoms. The van der Waals surface area contributed by atoms with Gasteiger partial charge in [-0.05, 0) is 80.3 Å². The first kappa shape index (κ1) is 27.0. The Hall–Kier alpha value is -2.56. The van der Waals surface area contributed by atoms with E-state index in [2.05, 4.69) is 12.2 Å². The van der Waals surface area contributed by atoms with Gasteiger partial charge in [0, 0.05) is 36.6 Å². The second kappa shape index (κ2) is 10.5. The Morgan fingerprint density at radius 1 is 1.05 bits per heavy atom. The number of morpholine rings is 1. The molecule has 2 amide bonds. The summed E-state index contributed by atoms with van der Waals surface area (Å²) in [5.41, 5.74) is 2.56. The molecule has 1 aromatic rings. The molecule has 0 bridgehead atoms. The van der Waals surface area contributed by atoms with Gasteiger partial charge in [-0.3, -0.25) is 14.6 Å². The SMILES string of the molecule is Cc1cc(N2CCOCC2=O)cc(C)c1/C=C/S(=O)(=O)N1CCC2(CC1)N=C(C1CCC(C)CC1)NC2=O. The molecule has 38 heavy (non-hydrogen) atoms. The lowest BCUT2D eigenvalue weighted by atomic mass is 9.82. The van der Waals surface area contributed by atoms with Crippen LogP contribution in [0.5, 0.6) is 0 Å². The van der Waals surface area contributed by atoms with Crippen LogP contribution in [0.1, 0.15) is 62.1 Å². The minimum absolute atomic E-state index is 0.0727. The molecule has 4 aliphatic rings. The van der Waals surface area contributed by atoms with E-state index in [0.29, 0.717) is 31.9 Å². The number of amides is 2. The van der Waals surface area contributed by atoms with Gasteiger partial charge in [0.25, 0.3) is 11.8 Å². The number of nitrogens with one attached hydrogen (secondary N) is 1. The number of carbonyl (C=O) groups is 2. The molecule has 5 rings (SSSR count). The predicted molar refractivity (Wildman–Crippen MR) is 147 cm³/mol. The summed E-state index contributed by atoms with van der Waals surface area (Å²) in [5.74, 6) is 1.68. The maximum absolute atomic E-state index is 13.2. The third-order valence-corrected chi connectivity index (χ3v) is 10.2. The predicted octanol–water partition coefficient (Wildman–Crippen LogP) is 3.16. The summed E-state index contributed by atoms with van der Waals surface area (Å²) in [6, 6.07) is 3.82. The van der Waals surface area contributed by atoms with Crippen LogP contribution in [0.2, 0.25) is 0 Å². The molecule has 1 aromatic carbocycles. The van der Waals surface area contributed by atoms with Crippen LogP contribution in [0.3, 0.4) is 0 Å². The first-order valence-electron chi connectivity index (χ1n) is 13.7. The Balaban J connectivity index is 1.25. The Bertz CT molecular complexity index is 1250. The summed E-state index contributed by atoms with van der Waals surface area (Å²) >= 11 is 0. The molecule has 3 heterocycles. The number of aryl methyl sites for hydroxylation is 2. The summed E-state index contributed by atoms with van der Waals surface area (Å²) in [7, 11) is -3.67. The Morgan fingerprint density at radius 2 is 1.71 bits per heavy atom. The van der Waals surface area contributed by atoms with Crippen molar-refractivity contribution in [2.45, 2.75) is 64.8 Å².